The molecule has 2 nitrogen and oxygen atoms in total. The van der Waals surface area contributed by atoms with Crippen molar-refractivity contribution in [2.24, 2.45) is 5.73 Å². The van der Waals surface area contributed by atoms with E-state index < -0.39 is 0 Å². The Bertz CT molecular complexity index is 170. The van der Waals surface area contributed by atoms with E-state index in [1.807, 2.05) is 0 Å². The lowest BCUT2D eigenvalue weighted by Crippen LogP contribution is -2.62. The van der Waals surface area contributed by atoms with E-state index in [4.69, 9.17) is 5.73 Å². The summed E-state index contributed by atoms with van der Waals surface area (Å²) in [5.74, 6) is 1.30. The van der Waals surface area contributed by atoms with Crippen molar-refractivity contribution in [3.8, 4) is 0 Å². The zero-order chi connectivity index (χ0) is 8.60. The molecule has 0 aromatic carbocycles. The Morgan fingerprint density at radius 2 is 2.33 bits per heavy atom. The lowest BCUT2D eigenvalue weighted by atomic mass is 9.88. The van der Waals surface area contributed by atoms with Gasteiger partial charge in [-0.1, -0.05) is 6.92 Å². The SMILES string of the molecule is CC1SCCC1(CN)N1CCC1. The fourth-order valence-corrected chi connectivity index (χ4v) is 3.84. The average Bonchev–Trinajstić information content (AvgIpc) is 2.30. The predicted octanol–water partition coefficient (Wildman–Crippen LogP) is 0.915. The minimum atomic E-state index is 0.364. The molecule has 2 fully saturated rings. The van der Waals surface area contributed by atoms with Crippen LogP contribution in [0.15, 0.2) is 0 Å². The Balaban J connectivity index is 2.11. The Labute approximate surface area is 78.9 Å². The highest BCUT2D eigenvalue weighted by atomic mass is 32.2. The molecule has 0 aromatic rings. The molecule has 0 spiro atoms. The number of nitrogens with zero attached hydrogens (tertiary/aromatic N) is 1. The summed E-state index contributed by atoms with van der Waals surface area (Å²) >= 11 is 2.08. The van der Waals surface area contributed by atoms with E-state index in [9.17, 15) is 0 Å². The van der Waals surface area contributed by atoms with Crippen LogP contribution in [0.25, 0.3) is 0 Å². The molecular weight excluding hydrogens is 168 g/mol. The molecule has 0 aliphatic carbocycles. The summed E-state index contributed by atoms with van der Waals surface area (Å²) in [7, 11) is 0. The van der Waals surface area contributed by atoms with E-state index in [1.165, 1.54) is 31.7 Å². The Morgan fingerprint density at radius 3 is 2.67 bits per heavy atom. The smallest absolute Gasteiger partial charge is 0.0455 e. The highest BCUT2D eigenvalue weighted by Gasteiger charge is 2.46. The van der Waals surface area contributed by atoms with Gasteiger partial charge in [-0.25, -0.2) is 0 Å². The van der Waals surface area contributed by atoms with Crippen LogP contribution < -0.4 is 5.73 Å². The van der Waals surface area contributed by atoms with Gasteiger partial charge in [0.1, 0.15) is 0 Å². The third-order valence-electron chi connectivity index (χ3n) is 3.50. The summed E-state index contributed by atoms with van der Waals surface area (Å²) in [5, 5.41) is 0.739. The first-order valence-corrected chi connectivity index (χ1v) is 5.91. The van der Waals surface area contributed by atoms with Crippen molar-refractivity contribution in [1.82, 2.24) is 4.90 Å². The van der Waals surface area contributed by atoms with Crippen molar-refractivity contribution in [2.75, 3.05) is 25.4 Å². The van der Waals surface area contributed by atoms with Crippen LogP contribution >= 0.6 is 11.8 Å². The van der Waals surface area contributed by atoms with E-state index >= 15 is 0 Å². The summed E-state index contributed by atoms with van der Waals surface area (Å²) in [4.78, 5) is 2.59. The maximum absolute atomic E-state index is 5.91. The van der Waals surface area contributed by atoms with Crippen molar-refractivity contribution in [3.05, 3.63) is 0 Å². The van der Waals surface area contributed by atoms with Gasteiger partial charge >= 0.3 is 0 Å². The van der Waals surface area contributed by atoms with Crippen LogP contribution in [0.1, 0.15) is 19.8 Å². The summed E-state index contributed by atoms with van der Waals surface area (Å²) in [6, 6.07) is 0. The van der Waals surface area contributed by atoms with Crippen molar-refractivity contribution < 1.29 is 0 Å². The summed E-state index contributed by atoms with van der Waals surface area (Å²) in [6.07, 6.45) is 2.68. The summed E-state index contributed by atoms with van der Waals surface area (Å²) in [5.41, 5.74) is 6.28. The number of thioether (sulfide) groups is 1. The van der Waals surface area contributed by atoms with Crippen LogP contribution in [0.2, 0.25) is 0 Å². The van der Waals surface area contributed by atoms with Crippen molar-refractivity contribution >= 4 is 11.8 Å². The van der Waals surface area contributed by atoms with E-state index in [0.717, 1.165) is 11.8 Å². The number of likely N-dealkylation sites (tertiary alicyclic amines) is 1. The molecule has 0 bridgehead atoms. The molecule has 0 saturated carbocycles. The third kappa shape index (κ3) is 1.10. The zero-order valence-corrected chi connectivity index (χ0v) is 8.57. The van der Waals surface area contributed by atoms with Gasteiger partial charge in [0.25, 0.3) is 0 Å². The molecule has 2 saturated heterocycles. The van der Waals surface area contributed by atoms with E-state index in [0.29, 0.717) is 5.54 Å². The number of rotatable bonds is 2. The van der Waals surface area contributed by atoms with Crippen LogP contribution in [-0.2, 0) is 0 Å². The first-order valence-electron chi connectivity index (χ1n) is 4.86. The molecule has 3 heteroatoms. The minimum Gasteiger partial charge on any atom is -0.329 e. The molecule has 0 radical (unpaired) electrons. The molecule has 2 aliphatic rings. The van der Waals surface area contributed by atoms with Gasteiger partial charge in [0.2, 0.25) is 0 Å². The maximum atomic E-state index is 5.91. The highest BCUT2D eigenvalue weighted by molar-refractivity contribution is 8.00. The van der Waals surface area contributed by atoms with Crippen LogP contribution in [0.5, 0.6) is 0 Å². The van der Waals surface area contributed by atoms with Gasteiger partial charge in [-0.3, -0.25) is 4.90 Å². The standard InChI is InChI=1S/C9H18N2S/c1-8-9(7-10,3-6-12-8)11-4-2-5-11/h8H,2-7,10H2,1H3. The maximum Gasteiger partial charge on any atom is 0.0455 e. The fourth-order valence-electron chi connectivity index (χ4n) is 2.34. The molecule has 2 heterocycles. The number of hydrogen-bond acceptors (Lipinski definition) is 3. The Kier molecular flexibility index (Phi) is 2.36. The molecule has 2 N–H and O–H groups in total. The van der Waals surface area contributed by atoms with E-state index in [1.54, 1.807) is 0 Å². The van der Waals surface area contributed by atoms with Gasteiger partial charge < -0.3 is 5.73 Å². The lowest BCUT2D eigenvalue weighted by molar-refractivity contribution is 0.0382. The summed E-state index contributed by atoms with van der Waals surface area (Å²) in [6.45, 7) is 5.74. The molecule has 2 aliphatic heterocycles. The fraction of sp³-hybridized carbons (Fsp3) is 1.00. The largest absolute Gasteiger partial charge is 0.329 e. The zero-order valence-electron chi connectivity index (χ0n) is 7.75. The normalized spacial score (nSPS) is 43.0. The van der Waals surface area contributed by atoms with Gasteiger partial charge in [0, 0.05) is 30.4 Å². The predicted molar refractivity (Wildman–Crippen MR) is 54.5 cm³/mol. The topological polar surface area (TPSA) is 29.3 Å². The highest BCUT2D eigenvalue weighted by Crippen LogP contribution is 2.41. The van der Waals surface area contributed by atoms with Crippen molar-refractivity contribution in [2.45, 2.75) is 30.6 Å². The third-order valence-corrected chi connectivity index (χ3v) is 4.88. The second kappa shape index (κ2) is 3.20. The first-order chi connectivity index (χ1) is 5.79. The number of hydrogen-bond donors (Lipinski definition) is 1. The monoisotopic (exact) mass is 186 g/mol. The van der Waals surface area contributed by atoms with Gasteiger partial charge in [0.15, 0.2) is 0 Å². The van der Waals surface area contributed by atoms with Crippen LogP contribution in [0.3, 0.4) is 0 Å². The molecule has 70 valence electrons. The average molecular weight is 186 g/mol. The van der Waals surface area contributed by atoms with Crippen molar-refractivity contribution in [1.29, 1.82) is 0 Å². The molecule has 0 amide bonds. The Morgan fingerprint density at radius 1 is 1.58 bits per heavy atom. The lowest BCUT2D eigenvalue weighted by Gasteiger charge is -2.48. The quantitative estimate of drug-likeness (QED) is 0.695. The summed E-state index contributed by atoms with van der Waals surface area (Å²) < 4.78 is 0. The van der Waals surface area contributed by atoms with Gasteiger partial charge in [-0.2, -0.15) is 11.8 Å². The minimum absolute atomic E-state index is 0.364. The van der Waals surface area contributed by atoms with E-state index in [2.05, 4.69) is 23.6 Å². The van der Waals surface area contributed by atoms with Gasteiger partial charge in [0.05, 0.1) is 0 Å². The second-order valence-corrected chi connectivity index (χ2v) is 5.36. The first kappa shape index (κ1) is 8.85. The second-order valence-electron chi connectivity index (χ2n) is 3.91. The number of nitrogens with two attached hydrogens (primary N) is 1. The molecular formula is C9H18N2S. The molecule has 2 rings (SSSR count). The van der Waals surface area contributed by atoms with E-state index in [-0.39, 0.29) is 0 Å². The van der Waals surface area contributed by atoms with Crippen LogP contribution in [0, 0.1) is 0 Å². The van der Waals surface area contributed by atoms with Gasteiger partial charge in [-0.15, -0.1) is 0 Å². The molecule has 0 aromatic heterocycles. The molecule has 12 heavy (non-hydrogen) atoms. The Hall–Kier alpha value is 0.270. The molecule has 2 atom stereocenters. The van der Waals surface area contributed by atoms with Crippen LogP contribution in [0.4, 0.5) is 0 Å². The van der Waals surface area contributed by atoms with Crippen molar-refractivity contribution in [3.63, 3.8) is 0 Å². The molecule has 2 unspecified atom stereocenters. The van der Waals surface area contributed by atoms with Gasteiger partial charge in [-0.05, 0) is 18.6 Å². The van der Waals surface area contributed by atoms with Crippen LogP contribution in [-0.4, -0.2) is 41.1 Å².